The van der Waals surface area contributed by atoms with Crippen molar-refractivity contribution < 1.29 is 31.9 Å². The molecule has 1 aromatic carbocycles. The average molecular weight is 521 g/mol. The second-order valence-electron chi connectivity index (χ2n) is 11.9. The SMILES string of the molecule is CC(=O)OC12CC3CC(CC(COc4cc(F)c(C(=O)NS(=O)(=O)N5CCC5)cc4C4CC4)(C3)C1)C2. The molecule has 1 heterocycles. The number of ether oxygens (including phenoxy) is 2. The fourth-order valence-electron chi connectivity index (χ4n) is 7.54. The van der Waals surface area contributed by atoms with Gasteiger partial charge in [0.2, 0.25) is 0 Å². The zero-order valence-electron chi connectivity index (χ0n) is 20.6. The topological polar surface area (TPSA) is 102 Å². The van der Waals surface area contributed by atoms with E-state index in [0.29, 0.717) is 37.3 Å². The summed E-state index contributed by atoms with van der Waals surface area (Å²) in [6.45, 7) is 2.59. The molecule has 4 bridgehead atoms. The van der Waals surface area contributed by atoms with E-state index in [9.17, 15) is 18.0 Å². The van der Waals surface area contributed by atoms with E-state index in [4.69, 9.17) is 9.47 Å². The highest BCUT2D eigenvalue weighted by Gasteiger charge is 2.59. The number of nitrogens with one attached hydrogen (secondary N) is 1. The molecule has 0 aromatic heterocycles. The zero-order valence-corrected chi connectivity index (χ0v) is 21.4. The lowest BCUT2D eigenvalue weighted by atomic mass is 9.48. The number of carbonyl (C=O) groups is 2. The maximum atomic E-state index is 15.1. The summed E-state index contributed by atoms with van der Waals surface area (Å²) in [4.78, 5) is 24.5. The van der Waals surface area contributed by atoms with Crippen LogP contribution in [-0.4, -0.2) is 49.9 Å². The molecule has 1 N–H and O–H groups in total. The predicted molar refractivity (Wildman–Crippen MR) is 128 cm³/mol. The summed E-state index contributed by atoms with van der Waals surface area (Å²) in [5.74, 6) is -0.389. The van der Waals surface area contributed by atoms with Gasteiger partial charge in [-0.25, -0.2) is 9.11 Å². The minimum atomic E-state index is -3.97. The first kappa shape index (κ1) is 24.2. The lowest BCUT2D eigenvalue weighted by molar-refractivity contribution is -0.203. The van der Waals surface area contributed by atoms with Gasteiger partial charge in [0.15, 0.2) is 0 Å². The first-order chi connectivity index (χ1) is 17.1. The van der Waals surface area contributed by atoms with Crippen molar-refractivity contribution in [3.05, 3.63) is 29.1 Å². The summed E-state index contributed by atoms with van der Waals surface area (Å²) < 4.78 is 55.1. The Kier molecular flexibility index (Phi) is 5.64. The first-order valence-corrected chi connectivity index (χ1v) is 14.5. The third-order valence-corrected chi connectivity index (χ3v) is 10.2. The molecule has 196 valence electrons. The minimum Gasteiger partial charge on any atom is -0.493 e. The molecule has 36 heavy (non-hydrogen) atoms. The molecule has 7 rings (SSSR count). The number of esters is 1. The molecule has 10 heteroatoms. The average Bonchev–Trinajstić information content (AvgIpc) is 3.53. The number of carbonyl (C=O) groups excluding carboxylic acids is 2. The molecular formula is C26H33FN2O6S. The van der Waals surface area contributed by atoms with Gasteiger partial charge < -0.3 is 9.47 Å². The summed E-state index contributed by atoms with van der Waals surface area (Å²) in [5, 5.41) is 0. The predicted octanol–water partition coefficient (Wildman–Crippen LogP) is 3.66. The van der Waals surface area contributed by atoms with Crippen LogP contribution in [0.3, 0.4) is 0 Å². The van der Waals surface area contributed by atoms with Crippen molar-refractivity contribution in [2.24, 2.45) is 17.3 Å². The molecule has 6 aliphatic rings. The van der Waals surface area contributed by atoms with Gasteiger partial charge in [-0.1, -0.05) is 0 Å². The van der Waals surface area contributed by atoms with Crippen molar-refractivity contribution in [2.75, 3.05) is 19.7 Å². The van der Waals surface area contributed by atoms with Crippen LogP contribution in [0.4, 0.5) is 4.39 Å². The number of rotatable bonds is 8. The van der Waals surface area contributed by atoms with Crippen molar-refractivity contribution in [1.29, 1.82) is 0 Å². The van der Waals surface area contributed by atoms with E-state index >= 15 is 4.39 Å². The molecule has 2 unspecified atom stereocenters. The Bertz CT molecular complexity index is 1200. The van der Waals surface area contributed by atoms with E-state index in [1.54, 1.807) is 0 Å². The van der Waals surface area contributed by atoms with E-state index in [0.717, 1.165) is 67.7 Å². The smallest absolute Gasteiger partial charge is 0.304 e. The standard InChI is InChI=1S/C26H33FN2O6S/c1-16(30)35-26-12-17-7-18(13-26)11-25(10-17,14-26)15-34-23-9-22(27)21(8-20(23)19-3-4-19)24(31)28-36(32,33)29-5-2-6-29/h8-9,17-19H,2-7,10-15H2,1H3,(H,28,31). The summed E-state index contributed by atoms with van der Waals surface area (Å²) in [7, 11) is -3.97. The van der Waals surface area contributed by atoms with Crippen molar-refractivity contribution in [1.82, 2.24) is 9.03 Å². The monoisotopic (exact) mass is 520 g/mol. The Morgan fingerprint density at radius 3 is 2.42 bits per heavy atom. The Hall–Kier alpha value is -2.20. The van der Waals surface area contributed by atoms with E-state index < -0.39 is 27.5 Å². The highest BCUT2D eigenvalue weighted by atomic mass is 32.2. The number of amides is 1. The molecule has 6 fully saturated rings. The van der Waals surface area contributed by atoms with Crippen LogP contribution in [0.5, 0.6) is 5.75 Å². The van der Waals surface area contributed by atoms with Gasteiger partial charge in [0.1, 0.15) is 17.2 Å². The zero-order chi connectivity index (χ0) is 25.3. The molecule has 1 saturated heterocycles. The van der Waals surface area contributed by atoms with Crippen LogP contribution >= 0.6 is 0 Å². The highest BCUT2D eigenvalue weighted by Crippen LogP contribution is 2.63. The van der Waals surface area contributed by atoms with Gasteiger partial charge >= 0.3 is 16.2 Å². The molecule has 0 radical (unpaired) electrons. The van der Waals surface area contributed by atoms with Crippen LogP contribution < -0.4 is 9.46 Å². The molecule has 5 saturated carbocycles. The second kappa shape index (κ2) is 8.41. The summed E-state index contributed by atoms with van der Waals surface area (Å²) in [5.41, 5.74) is -0.0503. The Morgan fingerprint density at radius 2 is 1.83 bits per heavy atom. The lowest BCUT2D eigenvalue weighted by Crippen LogP contribution is -2.58. The van der Waals surface area contributed by atoms with E-state index in [1.165, 1.54) is 19.1 Å². The molecule has 0 spiro atoms. The van der Waals surface area contributed by atoms with Gasteiger partial charge in [-0.3, -0.25) is 9.59 Å². The fourth-order valence-corrected chi connectivity index (χ4v) is 8.75. The molecule has 8 nitrogen and oxygen atoms in total. The molecule has 5 aliphatic carbocycles. The van der Waals surface area contributed by atoms with Gasteiger partial charge in [-0.2, -0.15) is 12.7 Å². The maximum Gasteiger partial charge on any atom is 0.304 e. The Balaban J connectivity index is 1.22. The van der Waals surface area contributed by atoms with Gasteiger partial charge in [-0.05, 0) is 87.2 Å². The van der Waals surface area contributed by atoms with E-state index in [1.807, 2.05) is 4.72 Å². The normalized spacial score (nSPS) is 33.2. The Morgan fingerprint density at radius 1 is 1.14 bits per heavy atom. The second-order valence-corrected chi connectivity index (χ2v) is 13.5. The van der Waals surface area contributed by atoms with Crippen molar-refractivity contribution in [2.45, 2.75) is 76.2 Å². The number of hydrogen-bond acceptors (Lipinski definition) is 6. The van der Waals surface area contributed by atoms with Crippen LogP contribution in [-0.2, 0) is 19.7 Å². The van der Waals surface area contributed by atoms with E-state index in [-0.39, 0.29) is 22.9 Å². The number of halogens is 1. The molecule has 1 aromatic rings. The van der Waals surface area contributed by atoms with Crippen LogP contribution in [0, 0.1) is 23.1 Å². The molecule has 1 amide bonds. The van der Waals surface area contributed by atoms with Crippen molar-refractivity contribution in [3.63, 3.8) is 0 Å². The lowest BCUT2D eigenvalue weighted by Gasteiger charge is -2.60. The van der Waals surface area contributed by atoms with Crippen LogP contribution in [0.1, 0.15) is 86.6 Å². The molecule has 1 aliphatic heterocycles. The maximum absolute atomic E-state index is 15.1. The molecule has 2 atom stereocenters. The summed E-state index contributed by atoms with van der Waals surface area (Å²) in [6, 6.07) is 2.70. The van der Waals surface area contributed by atoms with Crippen LogP contribution in [0.2, 0.25) is 0 Å². The summed E-state index contributed by atoms with van der Waals surface area (Å²) >= 11 is 0. The fraction of sp³-hybridized carbons (Fsp3) is 0.692. The van der Waals surface area contributed by atoms with Crippen LogP contribution in [0.25, 0.3) is 0 Å². The van der Waals surface area contributed by atoms with Gasteiger partial charge in [0, 0.05) is 31.5 Å². The summed E-state index contributed by atoms with van der Waals surface area (Å²) in [6.07, 6.45) is 8.37. The first-order valence-electron chi connectivity index (χ1n) is 13.0. The third kappa shape index (κ3) is 4.40. The Labute approximate surface area is 211 Å². The number of benzene rings is 1. The largest absolute Gasteiger partial charge is 0.493 e. The molecular weight excluding hydrogens is 487 g/mol. The van der Waals surface area contributed by atoms with Crippen molar-refractivity contribution in [3.8, 4) is 5.75 Å². The number of nitrogens with zero attached hydrogens (tertiary/aromatic N) is 1. The van der Waals surface area contributed by atoms with Gasteiger partial charge in [0.05, 0.1) is 12.2 Å². The minimum absolute atomic E-state index is 0.113. The highest BCUT2D eigenvalue weighted by molar-refractivity contribution is 7.87. The van der Waals surface area contributed by atoms with Crippen molar-refractivity contribution >= 4 is 22.1 Å². The van der Waals surface area contributed by atoms with Gasteiger partial charge in [0.25, 0.3) is 5.91 Å². The van der Waals surface area contributed by atoms with Gasteiger partial charge in [-0.15, -0.1) is 0 Å². The van der Waals surface area contributed by atoms with Crippen LogP contribution in [0.15, 0.2) is 12.1 Å². The van der Waals surface area contributed by atoms with E-state index in [2.05, 4.69) is 0 Å². The number of hydrogen-bond donors (Lipinski definition) is 1. The third-order valence-electron chi connectivity index (χ3n) is 8.76. The quantitative estimate of drug-likeness (QED) is 0.525.